The molecule has 1 aromatic rings. The average Bonchev–Trinajstić information content (AvgIpc) is 2.59. The van der Waals surface area contributed by atoms with Gasteiger partial charge in [0.1, 0.15) is 12.1 Å². The van der Waals surface area contributed by atoms with Crippen molar-refractivity contribution >= 4 is 0 Å². The number of rotatable bonds is 4. The SMILES string of the molecule is CC(C)CCCn1cnc(C#N)c1C#N. The predicted molar refractivity (Wildman–Crippen MR) is 55.7 cm³/mol. The molecule has 0 saturated heterocycles. The summed E-state index contributed by atoms with van der Waals surface area (Å²) in [6.07, 6.45) is 3.69. The third-order valence-corrected chi connectivity index (χ3v) is 2.23. The minimum Gasteiger partial charge on any atom is -0.321 e. The van der Waals surface area contributed by atoms with Crippen LogP contribution in [0.25, 0.3) is 0 Å². The number of aryl methyl sites for hydroxylation is 1. The van der Waals surface area contributed by atoms with Crippen LogP contribution < -0.4 is 0 Å². The van der Waals surface area contributed by atoms with Gasteiger partial charge in [0.25, 0.3) is 0 Å². The Hall–Kier alpha value is -1.81. The number of aromatic nitrogens is 2. The summed E-state index contributed by atoms with van der Waals surface area (Å²) in [5, 5.41) is 17.6. The second kappa shape index (κ2) is 5.17. The van der Waals surface area contributed by atoms with Gasteiger partial charge in [-0.15, -0.1) is 0 Å². The Kier molecular flexibility index (Phi) is 3.88. The summed E-state index contributed by atoms with van der Waals surface area (Å²) in [5.74, 6) is 0.662. The lowest BCUT2D eigenvalue weighted by atomic mass is 10.1. The van der Waals surface area contributed by atoms with E-state index in [2.05, 4.69) is 18.8 Å². The lowest BCUT2D eigenvalue weighted by Gasteiger charge is -2.05. The smallest absolute Gasteiger partial charge is 0.176 e. The Morgan fingerprint density at radius 2 is 2.13 bits per heavy atom. The van der Waals surface area contributed by atoms with Crippen molar-refractivity contribution in [2.45, 2.75) is 33.2 Å². The van der Waals surface area contributed by atoms with Crippen LogP contribution in [0.2, 0.25) is 0 Å². The molecule has 0 radical (unpaired) electrons. The highest BCUT2D eigenvalue weighted by Crippen LogP contribution is 2.09. The van der Waals surface area contributed by atoms with E-state index in [1.807, 2.05) is 12.1 Å². The van der Waals surface area contributed by atoms with Gasteiger partial charge >= 0.3 is 0 Å². The monoisotopic (exact) mass is 202 g/mol. The molecular formula is C11H14N4. The summed E-state index contributed by atoms with van der Waals surface area (Å²) in [5.41, 5.74) is 0.600. The van der Waals surface area contributed by atoms with Gasteiger partial charge in [0, 0.05) is 6.54 Å². The topological polar surface area (TPSA) is 65.4 Å². The van der Waals surface area contributed by atoms with Crippen molar-refractivity contribution in [3.8, 4) is 12.1 Å². The first kappa shape index (κ1) is 11.3. The van der Waals surface area contributed by atoms with Gasteiger partial charge in [0.05, 0.1) is 6.33 Å². The number of hydrogen-bond donors (Lipinski definition) is 0. The fourth-order valence-corrected chi connectivity index (χ4v) is 1.42. The number of hydrogen-bond acceptors (Lipinski definition) is 3. The first-order valence-corrected chi connectivity index (χ1v) is 5.04. The van der Waals surface area contributed by atoms with Crippen LogP contribution in [0.5, 0.6) is 0 Å². The predicted octanol–water partition coefficient (Wildman–Crippen LogP) is 2.06. The minimum absolute atomic E-state index is 0.224. The molecule has 0 bridgehead atoms. The van der Waals surface area contributed by atoms with Gasteiger partial charge in [-0.05, 0) is 18.8 Å². The van der Waals surface area contributed by atoms with Crippen molar-refractivity contribution < 1.29 is 0 Å². The van der Waals surface area contributed by atoms with Crippen LogP contribution in [0.1, 0.15) is 38.1 Å². The molecule has 0 aliphatic rings. The Balaban J connectivity index is 2.67. The molecule has 0 unspecified atom stereocenters. The maximum Gasteiger partial charge on any atom is 0.176 e. The first-order chi connectivity index (χ1) is 7.19. The Morgan fingerprint density at radius 3 is 2.67 bits per heavy atom. The molecule has 0 atom stereocenters. The summed E-state index contributed by atoms with van der Waals surface area (Å²) in [6.45, 7) is 5.09. The van der Waals surface area contributed by atoms with Crippen molar-refractivity contribution in [2.75, 3.05) is 0 Å². The van der Waals surface area contributed by atoms with Gasteiger partial charge in [-0.3, -0.25) is 0 Å². The van der Waals surface area contributed by atoms with E-state index in [9.17, 15) is 0 Å². The number of nitriles is 2. The quantitative estimate of drug-likeness (QED) is 0.750. The molecule has 0 aliphatic carbocycles. The van der Waals surface area contributed by atoms with E-state index in [1.165, 1.54) is 0 Å². The largest absolute Gasteiger partial charge is 0.321 e. The van der Waals surface area contributed by atoms with E-state index >= 15 is 0 Å². The van der Waals surface area contributed by atoms with Gasteiger partial charge in [-0.1, -0.05) is 13.8 Å². The molecule has 1 rings (SSSR count). The van der Waals surface area contributed by atoms with E-state index < -0.39 is 0 Å². The maximum absolute atomic E-state index is 8.87. The first-order valence-electron chi connectivity index (χ1n) is 5.04. The van der Waals surface area contributed by atoms with Gasteiger partial charge < -0.3 is 4.57 Å². The standard InChI is InChI=1S/C11H14N4/c1-9(2)4-3-5-15-8-14-10(6-12)11(15)7-13/h8-9H,3-5H2,1-2H3. The van der Waals surface area contributed by atoms with Gasteiger partial charge in [-0.2, -0.15) is 10.5 Å². The second-order valence-electron chi connectivity index (χ2n) is 3.89. The summed E-state index contributed by atoms with van der Waals surface area (Å²) in [7, 11) is 0. The fourth-order valence-electron chi connectivity index (χ4n) is 1.42. The van der Waals surface area contributed by atoms with Crippen LogP contribution in [0.15, 0.2) is 6.33 Å². The zero-order chi connectivity index (χ0) is 11.3. The average molecular weight is 202 g/mol. The van der Waals surface area contributed by atoms with E-state index in [1.54, 1.807) is 10.9 Å². The molecule has 0 fully saturated rings. The minimum atomic E-state index is 0.224. The Bertz CT molecular complexity index is 403. The van der Waals surface area contributed by atoms with Crippen molar-refractivity contribution in [2.24, 2.45) is 5.92 Å². The molecule has 0 N–H and O–H groups in total. The van der Waals surface area contributed by atoms with Crippen LogP contribution in [0.3, 0.4) is 0 Å². The maximum atomic E-state index is 8.87. The molecule has 15 heavy (non-hydrogen) atoms. The van der Waals surface area contributed by atoms with Gasteiger partial charge in [0.2, 0.25) is 0 Å². The van der Waals surface area contributed by atoms with E-state index in [-0.39, 0.29) is 5.69 Å². The van der Waals surface area contributed by atoms with E-state index in [0.717, 1.165) is 19.4 Å². The highest BCUT2D eigenvalue weighted by molar-refractivity contribution is 5.35. The number of imidazole rings is 1. The third kappa shape index (κ3) is 2.82. The van der Waals surface area contributed by atoms with Crippen molar-refractivity contribution in [3.63, 3.8) is 0 Å². The molecule has 0 saturated carbocycles. The molecular weight excluding hydrogens is 188 g/mol. The molecule has 0 aromatic carbocycles. The zero-order valence-electron chi connectivity index (χ0n) is 9.06. The Labute approximate surface area is 89.8 Å². The molecule has 0 amide bonds. The second-order valence-corrected chi connectivity index (χ2v) is 3.89. The van der Waals surface area contributed by atoms with Crippen LogP contribution in [0, 0.1) is 28.6 Å². The highest BCUT2D eigenvalue weighted by Gasteiger charge is 2.09. The normalized spacial score (nSPS) is 9.93. The lowest BCUT2D eigenvalue weighted by Crippen LogP contribution is -2.01. The number of nitrogens with zero attached hydrogens (tertiary/aromatic N) is 4. The van der Waals surface area contributed by atoms with E-state index in [0.29, 0.717) is 11.6 Å². The van der Waals surface area contributed by atoms with Crippen LogP contribution in [-0.2, 0) is 6.54 Å². The molecule has 1 aromatic heterocycles. The van der Waals surface area contributed by atoms with E-state index in [4.69, 9.17) is 10.5 Å². The summed E-state index contributed by atoms with van der Waals surface area (Å²) >= 11 is 0. The van der Waals surface area contributed by atoms with Crippen molar-refractivity contribution in [3.05, 3.63) is 17.7 Å². The molecule has 4 nitrogen and oxygen atoms in total. The third-order valence-electron chi connectivity index (χ3n) is 2.23. The molecule has 0 aliphatic heterocycles. The lowest BCUT2D eigenvalue weighted by molar-refractivity contribution is 0.510. The Morgan fingerprint density at radius 1 is 1.40 bits per heavy atom. The zero-order valence-corrected chi connectivity index (χ0v) is 9.06. The fraction of sp³-hybridized carbons (Fsp3) is 0.545. The molecule has 4 heteroatoms. The van der Waals surface area contributed by atoms with Gasteiger partial charge in [0.15, 0.2) is 11.4 Å². The summed E-state index contributed by atoms with van der Waals surface area (Å²) in [6, 6.07) is 3.92. The van der Waals surface area contributed by atoms with Crippen LogP contribution >= 0.6 is 0 Å². The highest BCUT2D eigenvalue weighted by atomic mass is 15.1. The molecule has 78 valence electrons. The molecule has 0 spiro atoms. The van der Waals surface area contributed by atoms with Crippen molar-refractivity contribution in [1.82, 2.24) is 9.55 Å². The van der Waals surface area contributed by atoms with Crippen molar-refractivity contribution in [1.29, 1.82) is 10.5 Å². The van der Waals surface area contributed by atoms with Gasteiger partial charge in [-0.25, -0.2) is 4.98 Å². The summed E-state index contributed by atoms with van der Waals surface area (Å²) in [4.78, 5) is 3.88. The van der Waals surface area contributed by atoms with Crippen LogP contribution in [-0.4, -0.2) is 9.55 Å². The summed E-state index contributed by atoms with van der Waals surface area (Å²) < 4.78 is 1.75. The van der Waals surface area contributed by atoms with Crippen LogP contribution in [0.4, 0.5) is 0 Å². The molecule has 1 heterocycles.